The van der Waals surface area contributed by atoms with Gasteiger partial charge in [0.2, 0.25) is 0 Å². The molecule has 1 spiro atoms. The van der Waals surface area contributed by atoms with Crippen molar-refractivity contribution < 1.29 is 18.3 Å². The standard InChI is InChI=1S/C15H19F3N2O/c16-15(17,18)11-4-5-13(19-9-11)20-8-2-7-14(10-20)6-1-3-12(14)21/h4-5,9,12,21H,1-3,6-8,10H2/t12-,14+/m1/s1. The smallest absolute Gasteiger partial charge is 0.392 e. The van der Waals surface area contributed by atoms with Gasteiger partial charge < -0.3 is 10.0 Å². The van der Waals surface area contributed by atoms with Gasteiger partial charge in [0, 0.05) is 24.7 Å². The molecule has 1 aliphatic heterocycles. The van der Waals surface area contributed by atoms with Gasteiger partial charge in [0.05, 0.1) is 11.7 Å². The van der Waals surface area contributed by atoms with Crippen molar-refractivity contribution >= 4 is 5.82 Å². The number of aliphatic hydroxyl groups excluding tert-OH is 1. The van der Waals surface area contributed by atoms with E-state index >= 15 is 0 Å². The lowest BCUT2D eigenvalue weighted by Crippen LogP contribution is -2.47. The molecule has 0 amide bonds. The number of hydrogen-bond donors (Lipinski definition) is 1. The van der Waals surface area contributed by atoms with Crippen molar-refractivity contribution in [2.75, 3.05) is 18.0 Å². The number of piperidine rings is 1. The van der Waals surface area contributed by atoms with Crippen LogP contribution in [0, 0.1) is 5.41 Å². The Hall–Kier alpha value is -1.30. The molecule has 0 bridgehead atoms. The topological polar surface area (TPSA) is 36.4 Å². The zero-order chi connectivity index (χ0) is 15.1. The molecule has 1 aromatic heterocycles. The molecule has 116 valence electrons. The summed E-state index contributed by atoms with van der Waals surface area (Å²) in [6, 6.07) is 2.51. The molecule has 6 heteroatoms. The van der Waals surface area contributed by atoms with Gasteiger partial charge in [-0.25, -0.2) is 4.98 Å². The first-order valence-corrected chi connectivity index (χ1v) is 7.37. The third-order valence-corrected chi connectivity index (χ3v) is 4.87. The maximum Gasteiger partial charge on any atom is 0.417 e. The Morgan fingerprint density at radius 2 is 2.00 bits per heavy atom. The molecular weight excluding hydrogens is 281 g/mol. The Bertz CT molecular complexity index is 503. The molecule has 21 heavy (non-hydrogen) atoms. The van der Waals surface area contributed by atoms with Crippen LogP contribution in [0.4, 0.5) is 19.0 Å². The molecule has 0 radical (unpaired) electrons. The minimum Gasteiger partial charge on any atom is -0.392 e. The van der Waals surface area contributed by atoms with Crippen LogP contribution >= 0.6 is 0 Å². The summed E-state index contributed by atoms with van der Waals surface area (Å²) in [6.07, 6.45) is 1.02. The second kappa shape index (κ2) is 5.16. The monoisotopic (exact) mass is 300 g/mol. The summed E-state index contributed by atoms with van der Waals surface area (Å²) >= 11 is 0. The molecule has 2 fully saturated rings. The van der Waals surface area contributed by atoms with E-state index in [1.54, 1.807) is 0 Å². The van der Waals surface area contributed by atoms with Crippen LogP contribution in [-0.4, -0.2) is 29.3 Å². The average molecular weight is 300 g/mol. The molecule has 0 aromatic carbocycles. The van der Waals surface area contributed by atoms with Gasteiger partial charge in [-0.1, -0.05) is 6.42 Å². The van der Waals surface area contributed by atoms with Gasteiger partial charge >= 0.3 is 6.18 Å². The van der Waals surface area contributed by atoms with Crippen LogP contribution in [0.3, 0.4) is 0 Å². The number of nitrogens with zero attached hydrogens (tertiary/aromatic N) is 2. The Balaban J connectivity index is 1.77. The lowest BCUT2D eigenvalue weighted by Gasteiger charge is -2.43. The van der Waals surface area contributed by atoms with Crippen LogP contribution in [0.25, 0.3) is 0 Å². The minimum absolute atomic E-state index is 0.0946. The number of hydrogen-bond acceptors (Lipinski definition) is 3. The fourth-order valence-corrected chi connectivity index (χ4v) is 3.69. The number of pyridine rings is 1. The predicted molar refractivity (Wildman–Crippen MR) is 73.0 cm³/mol. The summed E-state index contributed by atoms with van der Waals surface area (Å²) in [5.74, 6) is 0.571. The maximum absolute atomic E-state index is 12.6. The van der Waals surface area contributed by atoms with Crippen molar-refractivity contribution in [1.82, 2.24) is 4.98 Å². The number of rotatable bonds is 1. The first kappa shape index (κ1) is 14.6. The summed E-state index contributed by atoms with van der Waals surface area (Å²) in [7, 11) is 0. The van der Waals surface area contributed by atoms with Gasteiger partial charge in [-0.2, -0.15) is 13.2 Å². The van der Waals surface area contributed by atoms with Gasteiger partial charge in [-0.15, -0.1) is 0 Å². The minimum atomic E-state index is -4.35. The second-order valence-electron chi connectivity index (χ2n) is 6.20. The second-order valence-corrected chi connectivity index (χ2v) is 6.20. The highest BCUT2D eigenvalue weighted by Gasteiger charge is 2.45. The summed E-state index contributed by atoms with van der Waals surface area (Å²) in [5, 5.41) is 10.2. The summed E-state index contributed by atoms with van der Waals surface area (Å²) in [5.41, 5.74) is -0.818. The van der Waals surface area contributed by atoms with Crippen molar-refractivity contribution in [3.05, 3.63) is 23.9 Å². The van der Waals surface area contributed by atoms with Crippen molar-refractivity contribution in [3.8, 4) is 0 Å². The van der Waals surface area contributed by atoms with Crippen LogP contribution < -0.4 is 4.90 Å². The maximum atomic E-state index is 12.6. The van der Waals surface area contributed by atoms with E-state index in [-0.39, 0.29) is 11.5 Å². The van der Waals surface area contributed by atoms with Crippen LogP contribution in [0.15, 0.2) is 18.3 Å². The summed E-state index contributed by atoms with van der Waals surface area (Å²) in [6.45, 7) is 1.47. The van der Waals surface area contributed by atoms with E-state index in [1.807, 2.05) is 4.90 Å². The van der Waals surface area contributed by atoms with E-state index in [4.69, 9.17) is 0 Å². The Labute approximate surface area is 121 Å². The zero-order valence-electron chi connectivity index (χ0n) is 11.7. The molecule has 1 aromatic rings. The Kier molecular flexibility index (Phi) is 3.59. The van der Waals surface area contributed by atoms with Crippen molar-refractivity contribution in [2.24, 2.45) is 5.41 Å². The average Bonchev–Trinajstić information content (AvgIpc) is 2.79. The van der Waals surface area contributed by atoms with Gasteiger partial charge in [-0.05, 0) is 37.8 Å². The Morgan fingerprint density at radius 3 is 2.57 bits per heavy atom. The number of halogens is 3. The van der Waals surface area contributed by atoms with Gasteiger partial charge in [0.15, 0.2) is 0 Å². The number of aromatic nitrogens is 1. The number of alkyl halides is 3. The number of anilines is 1. The third-order valence-electron chi connectivity index (χ3n) is 4.87. The fraction of sp³-hybridized carbons (Fsp3) is 0.667. The predicted octanol–water partition coefficient (Wildman–Crippen LogP) is 3.23. The van der Waals surface area contributed by atoms with Gasteiger partial charge in [0.1, 0.15) is 5.82 Å². The Morgan fingerprint density at radius 1 is 1.24 bits per heavy atom. The molecule has 1 N–H and O–H groups in total. The van der Waals surface area contributed by atoms with Crippen LogP contribution in [0.1, 0.15) is 37.7 Å². The quantitative estimate of drug-likeness (QED) is 0.865. The molecule has 3 rings (SSSR count). The van der Waals surface area contributed by atoms with E-state index in [2.05, 4.69) is 4.98 Å². The molecule has 2 atom stereocenters. The summed E-state index contributed by atoms with van der Waals surface area (Å²) < 4.78 is 37.7. The van der Waals surface area contributed by atoms with E-state index in [0.717, 1.165) is 50.9 Å². The summed E-state index contributed by atoms with van der Waals surface area (Å²) in [4.78, 5) is 5.98. The number of aliphatic hydroxyl groups is 1. The van der Waals surface area contributed by atoms with E-state index in [0.29, 0.717) is 12.4 Å². The highest BCUT2D eigenvalue weighted by atomic mass is 19.4. The van der Waals surface area contributed by atoms with Crippen molar-refractivity contribution in [1.29, 1.82) is 0 Å². The van der Waals surface area contributed by atoms with Crippen LogP contribution in [-0.2, 0) is 6.18 Å². The molecule has 1 aliphatic carbocycles. The van der Waals surface area contributed by atoms with Crippen molar-refractivity contribution in [2.45, 2.75) is 44.4 Å². The van der Waals surface area contributed by atoms with E-state index < -0.39 is 11.7 Å². The van der Waals surface area contributed by atoms with Crippen molar-refractivity contribution in [3.63, 3.8) is 0 Å². The highest BCUT2D eigenvalue weighted by molar-refractivity contribution is 5.41. The first-order chi connectivity index (χ1) is 9.91. The molecule has 2 aliphatic rings. The molecule has 3 nitrogen and oxygen atoms in total. The molecule has 2 heterocycles. The SMILES string of the molecule is O[C@@H]1CCC[C@@]12CCCN(c1ccc(C(F)(F)F)cn1)C2. The molecule has 0 unspecified atom stereocenters. The highest BCUT2D eigenvalue weighted by Crippen LogP contribution is 2.45. The third kappa shape index (κ3) is 2.73. The fourth-order valence-electron chi connectivity index (χ4n) is 3.69. The molecule has 1 saturated heterocycles. The normalized spacial score (nSPS) is 30.1. The van der Waals surface area contributed by atoms with E-state index in [1.165, 1.54) is 6.07 Å². The van der Waals surface area contributed by atoms with Crippen LogP contribution in [0.5, 0.6) is 0 Å². The van der Waals surface area contributed by atoms with Gasteiger partial charge in [0.25, 0.3) is 0 Å². The molecular formula is C15H19F3N2O. The lowest BCUT2D eigenvalue weighted by molar-refractivity contribution is -0.137. The van der Waals surface area contributed by atoms with Gasteiger partial charge in [-0.3, -0.25) is 0 Å². The molecule has 1 saturated carbocycles. The van der Waals surface area contributed by atoms with Crippen LogP contribution in [0.2, 0.25) is 0 Å². The lowest BCUT2D eigenvalue weighted by atomic mass is 9.77. The zero-order valence-corrected chi connectivity index (χ0v) is 11.7. The van der Waals surface area contributed by atoms with E-state index in [9.17, 15) is 18.3 Å². The largest absolute Gasteiger partial charge is 0.417 e. The first-order valence-electron chi connectivity index (χ1n) is 7.37.